The van der Waals surface area contributed by atoms with Crippen molar-refractivity contribution in [2.24, 2.45) is 5.92 Å². The summed E-state index contributed by atoms with van der Waals surface area (Å²) < 4.78 is 11.1. The van der Waals surface area contributed by atoms with Gasteiger partial charge in [0.2, 0.25) is 5.91 Å². The summed E-state index contributed by atoms with van der Waals surface area (Å²) in [5, 5.41) is 6.88. The average molecular weight is 405 g/mol. The van der Waals surface area contributed by atoms with Crippen LogP contribution >= 0.6 is 11.6 Å². The largest absolute Gasteiger partial charge is 0.493 e. The van der Waals surface area contributed by atoms with E-state index in [9.17, 15) is 4.79 Å². The molecular weight excluding hydrogens is 376 g/mol. The zero-order chi connectivity index (χ0) is 20.5. The Morgan fingerprint density at radius 2 is 1.89 bits per heavy atom. The lowest BCUT2D eigenvalue weighted by atomic mass is 10.1. The number of benzene rings is 2. The predicted molar refractivity (Wildman–Crippen MR) is 116 cm³/mol. The maximum atomic E-state index is 12.0. The van der Waals surface area contributed by atoms with Crippen molar-refractivity contribution >= 4 is 28.9 Å². The Kier molecular flexibility index (Phi) is 8.45. The molecule has 0 bridgehead atoms. The number of anilines is 2. The Balaban J connectivity index is 2.05. The average Bonchev–Trinajstić information content (AvgIpc) is 2.65. The van der Waals surface area contributed by atoms with Crippen LogP contribution in [0.15, 0.2) is 36.4 Å². The van der Waals surface area contributed by atoms with Crippen LogP contribution in [0.2, 0.25) is 5.02 Å². The van der Waals surface area contributed by atoms with Crippen LogP contribution in [0.25, 0.3) is 0 Å². The first-order chi connectivity index (χ1) is 13.4. The van der Waals surface area contributed by atoms with Gasteiger partial charge in [-0.1, -0.05) is 38.4 Å². The summed E-state index contributed by atoms with van der Waals surface area (Å²) in [6.45, 7) is 7.22. The fourth-order valence-corrected chi connectivity index (χ4v) is 2.90. The second-order valence-electron chi connectivity index (χ2n) is 7.02. The molecule has 5 nitrogen and oxygen atoms in total. The third-order valence-electron chi connectivity index (χ3n) is 4.02. The predicted octanol–water partition coefficient (Wildman–Crippen LogP) is 5.73. The molecule has 2 aromatic rings. The molecule has 0 saturated heterocycles. The minimum Gasteiger partial charge on any atom is -0.493 e. The van der Waals surface area contributed by atoms with Gasteiger partial charge in [0.1, 0.15) is 0 Å². The van der Waals surface area contributed by atoms with E-state index in [0.717, 1.165) is 23.4 Å². The first-order valence-electron chi connectivity index (χ1n) is 9.56. The van der Waals surface area contributed by atoms with Gasteiger partial charge in [0.25, 0.3) is 0 Å². The van der Waals surface area contributed by atoms with Crippen molar-refractivity contribution in [3.63, 3.8) is 0 Å². The second-order valence-corrected chi connectivity index (χ2v) is 7.43. The maximum absolute atomic E-state index is 12.0. The summed E-state index contributed by atoms with van der Waals surface area (Å²) >= 11 is 6.42. The number of hydrogen-bond acceptors (Lipinski definition) is 4. The number of ether oxygens (including phenoxy) is 2. The number of hydrogen-bond donors (Lipinski definition) is 2. The van der Waals surface area contributed by atoms with Gasteiger partial charge in [-0.15, -0.1) is 0 Å². The maximum Gasteiger partial charge on any atom is 0.224 e. The first kappa shape index (κ1) is 21.9. The Bertz CT molecular complexity index is 793. The summed E-state index contributed by atoms with van der Waals surface area (Å²) in [6.07, 6.45) is 1.41. The van der Waals surface area contributed by atoms with E-state index in [1.54, 1.807) is 13.2 Å². The molecule has 2 N–H and O–H groups in total. The van der Waals surface area contributed by atoms with E-state index >= 15 is 0 Å². The number of carbonyl (C=O) groups is 1. The van der Waals surface area contributed by atoms with Gasteiger partial charge in [0.15, 0.2) is 11.5 Å². The van der Waals surface area contributed by atoms with Gasteiger partial charge in [-0.05, 0) is 42.2 Å². The van der Waals surface area contributed by atoms with Gasteiger partial charge in [0.05, 0.1) is 13.7 Å². The van der Waals surface area contributed by atoms with Crippen LogP contribution in [0, 0.1) is 5.92 Å². The third kappa shape index (κ3) is 6.64. The topological polar surface area (TPSA) is 59.6 Å². The molecule has 1 amide bonds. The van der Waals surface area contributed by atoms with Crippen molar-refractivity contribution in [3.05, 3.63) is 47.0 Å². The number of halogens is 1. The highest BCUT2D eigenvalue weighted by molar-refractivity contribution is 6.31. The molecule has 0 heterocycles. The molecule has 0 radical (unpaired) electrons. The van der Waals surface area contributed by atoms with E-state index < -0.39 is 0 Å². The van der Waals surface area contributed by atoms with Crippen molar-refractivity contribution in [1.82, 2.24) is 0 Å². The number of rotatable bonds is 10. The minimum atomic E-state index is 0.0163. The zero-order valence-electron chi connectivity index (χ0n) is 17.0. The van der Waals surface area contributed by atoms with Gasteiger partial charge in [-0.25, -0.2) is 0 Å². The molecule has 28 heavy (non-hydrogen) atoms. The van der Waals surface area contributed by atoms with E-state index in [2.05, 4.69) is 10.6 Å². The summed E-state index contributed by atoms with van der Waals surface area (Å²) in [6, 6.07) is 11.3. The van der Waals surface area contributed by atoms with Gasteiger partial charge >= 0.3 is 0 Å². The van der Waals surface area contributed by atoms with Crippen LogP contribution in [0.3, 0.4) is 0 Å². The molecule has 0 aliphatic heterocycles. The lowest BCUT2D eigenvalue weighted by Crippen LogP contribution is -2.13. The lowest BCUT2D eigenvalue weighted by Gasteiger charge is -2.15. The third-order valence-corrected chi connectivity index (χ3v) is 4.37. The number of carbonyl (C=O) groups excluding carboxylic acids is 1. The van der Waals surface area contributed by atoms with Crippen LogP contribution in [0.5, 0.6) is 11.5 Å². The zero-order valence-corrected chi connectivity index (χ0v) is 17.7. The van der Waals surface area contributed by atoms with Gasteiger partial charge in [0, 0.05) is 35.4 Å². The van der Waals surface area contributed by atoms with Crippen molar-refractivity contribution in [1.29, 1.82) is 0 Å². The fraction of sp³-hybridized carbons (Fsp3) is 0.409. The SMILES string of the molecule is CCCOc1cc(Cl)c(CNc2cccc(NC(=O)CC(C)C)c2)cc1OC. The van der Waals surface area contributed by atoms with E-state index in [0.29, 0.717) is 42.0 Å². The Morgan fingerprint density at radius 3 is 2.57 bits per heavy atom. The number of amides is 1. The van der Waals surface area contributed by atoms with Crippen molar-refractivity contribution < 1.29 is 14.3 Å². The molecule has 0 atom stereocenters. The summed E-state index contributed by atoms with van der Waals surface area (Å²) in [5.41, 5.74) is 2.56. The molecule has 0 aliphatic rings. The van der Waals surface area contributed by atoms with Crippen LogP contribution < -0.4 is 20.1 Å². The molecule has 2 aromatic carbocycles. The Hall–Kier alpha value is -2.40. The minimum absolute atomic E-state index is 0.0163. The van der Waals surface area contributed by atoms with E-state index in [4.69, 9.17) is 21.1 Å². The first-order valence-corrected chi connectivity index (χ1v) is 9.93. The normalized spacial score (nSPS) is 10.6. The highest BCUT2D eigenvalue weighted by Crippen LogP contribution is 2.34. The lowest BCUT2D eigenvalue weighted by molar-refractivity contribution is -0.116. The van der Waals surface area contributed by atoms with Crippen molar-refractivity contribution in [2.45, 2.75) is 40.2 Å². The van der Waals surface area contributed by atoms with Gasteiger partial charge in [-0.3, -0.25) is 4.79 Å². The molecule has 0 fully saturated rings. The number of methoxy groups -OCH3 is 1. The molecular formula is C22H29ClN2O3. The Labute approximate surface area is 172 Å². The van der Waals surface area contributed by atoms with Crippen LogP contribution in [-0.2, 0) is 11.3 Å². The van der Waals surface area contributed by atoms with Gasteiger partial charge in [-0.2, -0.15) is 0 Å². The molecule has 0 saturated carbocycles. The molecule has 0 spiro atoms. The number of nitrogens with one attached hydrogen (secondary N) is 2. The van der Waals surface area contributed by atoms with E-state index in [1.165, 1.54) is 0 Å². The van der Waals surface area contributed by atoms with E-state index in [1.807, 2.05) is 51.1 Å². The molecule has 0 aromatic heterocycles. The highest BCUT2D eigenvalue weighted by atomic mass is 35.5. The second kappa shape index (κ2) is 10.8. The van der Waals surface area contributed by atoms with E-state index in [-0.39, 0.29) is 5.91 Å². The molecule has 6 heteroatoms. The van der Waals surface area contributed by atoms with Crippen molar-refractivity contribution in [3.8, 4) is 11.5 Å². The monoisotopic (exact) mass is 404 g/mol. The van der Waals surface area contributed by atoms with Gasteiger partial charge < -0.3 is 20.1 Å². The van der Waals surface area contributed by atoms with Crippen molar-refractivity contribution in [2.75, 3.05) is 24.4 Å². The molecule has 2 rings (SSSR count). The molecule has 0 aliphatic carbocycles. The quantitative estimate of drug-likeness (QED) is 0.530. The smallest absolute Gasteiger partial charge is 0.224 e. The standard InChI is InChI=1S/C22H29ClN2O3/c1-5-9-28-21-13-19(23)16(11-20(21)27-4)14-24-17-7-6-8-18(12-17)25-22(26)10-15(2)3/h6-8,11-13,15,24H,5,9-10,14H2,1-4H3,(H,25,26). The van der Waals surface area contributed by atoms with Crippen LogP contribution in [0.1, 0.15) is 39.2 Å². The highest BCUT2D eigenvalue weighted by Gasteiger charge is 2.11. The Morgan fingerprint density at radius 1 is 1.14 bits per heavy atom. The summed E-state index contributed by atoms with van der Waals surface area (Å²) in [7, 11) is 1.61. The summed E-state index contributed by atoms with van der Waals surface area (Å²) in [4.78, 5) is 12.0. The molecule has 0 unspecified atom stereocenters. The fourth-order valence-electron chi connectivity index (χ4n) is 2.68. The van der Waals surface area contributed by atoms with Crippen LogP contribution in [-0.4, -0.2) is 19.6 Å². The molecule has 152 valence electrons. The van der Waals surface area contributed by atoms with Crippen LogP contribution in [0.4, 0.5) is 11.4 Å². The summed E-state index contributed by atoms with van der Waals surface area (Å²) in [5.74, 6) is 1.64.